The molecule has 1 aromatic rings. The van der Waals surface area contributed by atoms with Crippen molar-refractivity contribution in [1.82, 2.24) is 0 Å². The van der Waals surface area contributed by atoms with E-state index in [2.05, 4.69) is 12.1 Å². The molecule has 1 atom stereocenters. The Morgan fingerprint density at radius 1 is 1.11 bits per heavy atom. The average molecular weight is 262 g/mol. The molecule has 0 bridgehead atoms. The first-order valence-electron chi connectivity index (χ1n) is 7.31. The third-order valence-electron chi connectivity index (χ3n) is 3.57. The summed E-state index contributed by atoms with van der Waals surface area (Å²) < 4.78 is 16.4. The largest absolute Gasteiger partial charge is 0.491 e. The molecule has 0 radical (unpaired) electrons. The lowest BCUT2D eigenvalue weighted by molar-refractivity contribution is 0.122. The Labute approximate surface area is 114 Å². The molecule has 3 rings (SSSR count). The van der Waals surface area contributed by atoms with Crippen LogP contribution in [-0.4, -0.2) is 32.5 Å². The first kappa shape index (κ1) is 12.9. The summed E-state index contributed by atoms with van der Waals surface area (Å²) in [6.45, 7) is 3.37. The normalized spacial score (nSPS) is 21.4. The van der Waals surface area contributed by atoms with Gasteiger partial charge in [-0.25, -0.2) is 0 Å². The van der Waals surface area contributed by atoms with Crippen LogP contribution in [0.2, 0.25) is 0 Å². The van der Waals surface area contributed by atoms with Crippen LogP contribution >= 0.6 is 0 Å². The van der Waals surface area contributed by atoms with E-state index in [0.29, 0.717) is 12.7 Å². The summed E-state index contributed by atoms with van der Waals surface area (Å²) in [5.74, 6) is 1.80. The first-order chi connectivity index (χ1) is 9.40. The van der Waals surface area contributed by atoms with E-state index < -0.39 is 0 Å². The van der Waals surface area contributed by atoms with Gasteiger partial charge in [-0.1, -0.05) is 12.1 Å². The fourth-order valence-electron chi connectivity index (χ4n) is 2.02. The zero-order chi connectivity index (χ0) is 12.9. The molecule has 1 aliphatic carbocycles. The highest BCUT2D eigenvalue weighted by Gasteiger charge is 2.23. The summed E-state index contributed by atoms with van der Waals surface area (Å²) in [5.41, 5.74) is 1.35. The van der Waals surface area contributed by atoms with Crippen LogP contribution in [0.5, 0.6) is 5.75 Å². The smallest absolute Gasteiger partial charge is 0.119 e. The molecular weight excluding hydrogens is 240 g/mol. The minimum absolute atomic E-state index is 0.322. The van der Waals surface area contributed by atoms with Gasteiger partial charge >= 0.3 is 0 Å². The summed E-state index contributed by atoms with van der Waals surface area (Å²) in [4.78, 5) is 0. The van der Waals surface area contributed by atoms with Gasteiger partial charge in [-0.3, -0.25) is 0 Å². The average Bonchev–Trinajstić information content (AvgIpc) is 3.31. The van der Waals surface area contributed by atoms with E-state index in [0.717, 1.165) is 44.3 Å². The van der Waals surface area contributed by atoms with E-state index in [-0.39, 0.29) is 0 Å². The maximum atomic E-state index is 5.64. The monoisotopic (exact) mass is 262 g/mol. The predicted molar refractivity (Wildman–Crippen MR) is 73.5 cm³/mol. The van der Waals surface area contributed by atoms with Crippen molar-refractivity contribution in [3.05, 3.63) is 29.8 Å². The highest BCUT2D eigenvalue weighted by Crippen LogP contribution is 2.28. The third-order valence-corrected chi connectivity index (χ3v) is 3.57. The molecule has 1 unspecified atom stereocenters. The van der Waals surface area contributed by atoms with Crippen molar-refractivity contribution in [2.24, 2.45) is 5.92 Å². The third kappa shape index (κ3) is 4.84. The molecular formula is C16H22O3. The van der Waals surface area contributed by atoms with Crippen LogP contribution < -0.4 is 4.74 Å². The number of benzene rings is 1. The van der Waals surface area contributed by atoms with Crippen molar-refractivity contribution in [3.63, 3.8) is 0 Å². The molecule has 104 valence electrons. The van der Waals surface area contributed by atoms with E-state index in [1.807, 2.05) is 12.1 Å². The van der Waals surface area contributed by atoms with E-state index in [1.54, 1.807) is 0 Å². The lowest BCUT2D eigenvalue weighted by Gasteiger charge is -2.06. The van der Waals surface area contributed by atoms with Gasteiger partial charge in [-0.15, -0.1) is 0 Å². The van der Waals surface area contributed by atoms with Crippen LogP contribution in [0.15, 0.2) is 24.3 Å². The summed E-state index contributed by atoms with van der Waals surface area (Å²) in [7, 11) is 0. The molecule has 2 aliphatic rings. The van der Waals surface area contributed by atoms with E-state index >= 15 is 0 Å². The molecule has 3 heteroatoms. The standard InChI is InChI=1S/C16H22O3/c1(9-17-10-14-3-4-14)2-13-5-7-15(8-6-13)18-11-16-12-19-16/h5-8,14,16H,1-4,9-12H2. The molecule has 19 heavy (non-hydrogen) atoms. The van der Waals surface area contributed by atoms with Gasteiger partial charge in [0.1, 0.15) is 18.5 Å². The number of rotatable bonds is 9. The number of epoxide rings is 1. The van der Waals surface area contributed by atoms with Crippen molar-refractivity contribution in [2.45, 2.75) is 31.8 Å². The molecule has 0 N–H and O–H groups in total. The van der Waals surface area contributed by atoms with Crippen LogP contribution in [0.3, 0.4) is 0 Å². The maximum absolute atomic E-state index is 5.64. The van der Waals surface area contributed by atoms with Gasteiger partial charge in [-0.05, 0) is 49.3 Å². The van der Waals surface area contributed by atoms with Crippen LogP contribution in [0.1, 0.15) is 24.8 Å². The topological polar surface area (TPSA) is 31.0 Å². The fourth-order valence-corrected chi connectivity index (χ4v) is 2.02. The minimum atomic E-state index is 0.322. The van der Waals surface area contributed by atoms with Crippen molar-refractivity contribution >= 4 is 0 Å². The number of ether oxygens (including phenoxy) is 3. The van der Waals surface area contributed by atoms with Gasteiger partial charge in [0.25, 0.3) is 0 Å². The molecule has 1 aromatic carbocycles. The minimum Gasteiger partial charge on any atom is -0.491 e. The SMILES string of the molecule is c1cc(OCC2CO2)ccc1CCCOCC1CC1. The maximum Gasteiger partial charge on any atom is 0.119 e. The number of hydrogen-bond acceptors (Lipinski definition) is 3. The van der Waals surface area contributed by atoms with Gasteiger partial charge in [-0.2, -0.15) is 0 Å². The molecule has 2 fully saturated rings. The molecule has 1 saturated heterocycles. The second kappa shape index (κ2) is 6.40. The van der Waals surface area contributed by atoms with Crippen LogP contribution in [0, 0.1) is 5.92 Å². The van der Waals surface area contributed by atoms with E-state index in [1.165, 1.54) is 18.4 Å². The summed E-state index contributed by atoms with van der Waals surface area (Å²) in [6.07, 6.45) is 5.24. The van der Waals surface area contributed by atoms with Crippen molar-refractivity contribution in [3.8, 4) is 5.75 Å². The molecule has 1 saturated carbocycles. The molecule has 0 amide bonds. The van der Waals surface area contributed by atoms with Crippen LogP contribution in [-0.2, 0) is 15.9 Å². The molecule has 3 nitrogen and oxygen atoms in total. The van der Waals surface area contributed by atoms with Gasteiger partial charge in [0.05, 0.1) is 6.61 Å². The number of hydrogen-bond donors (Lipinski definition) is 0. The van der Waals surface area contributed by atoms with Gasteiger partial charge in [0.2, 0.25) is 0 Å². The second-order valence-electron chi connectivity index (χ2n) is 5.53. The Morgan fingerprint density at radius 3 is 2.58 bits per heavy atom. The quantitative estimate of drug-likeness (QED) is 0.506. The summed E-state index contributed by atoms with van der Waals surface area (Å²) in [5, 5.41) is 0. The summed E-state index contributed by atoms with van der Waals surface area (Å²) in [6, 6.07) is 8.37. The predicted octanol–water partition coefficient (Wildman–Crippen LogP) is 2.82. The summed E-state index contributed by atoms with van der Waals surface area (Å²) >= 11 is 0. The first-order valence-corrected chi connectivity index (χ1v) is 7.31. The van der Waals surface area contributed by atoms with Gasteiger partial charge < -0.3 is 14.2 Å². The lowest BCUT2D eigenvalue weighted by atomic mass is 10.1. The van der Waals surface area contributed by atoms with E-state index in [4.69, 9.17) is 14.2 Å². The fraction of sp³-hybridized carbons (Fsp3) is 0.625. The molecule has 1 aliphatic heterocycles. The highest BCUT2D eigenvalue weighted by atomic mass is 16.6. The second-order valence-corrected chi connectivity index (χ2v) is 5.53. The van der Waals surface area contributed by atoms with Crippen LogP contribution in [0.25, 0.3) is 0 Å². The molecule has 0 aromatic heterocycles. The Morgan fingerprint density at radius 2 is 1.89 bits per heavy atom. The van der Waals surface area contributed by atoms with Crippen molar-refractivity contribution in [1.29, 1.82) is 0 Å². The van der Waals surface area contributed by atoms with Gasteiger partial charge in [0.15, 0.2) is 0 Å². The number of aryl methyl sites for hydroxylation is 1. The molecule has 1 heterocycles. The lowest BCUT2D eigenvalue weighted by Crippen LogP contribution is -2.04. The highest BCUT2D eigenvalue weighted by molar-refractivity contribution is 5.27. The zero-order valence-electron chi connectivity index (χ0n) is 11.3. The van der Waals surface area contributed by atoms with Gasteiger partial charge in [0, 0.05) is 13.2 Å². The Balaban J connectivity index is 1.30. The zero-order valence-corrected chi connectivity index (χ0v) is 11.3. The van der Waals surface area contributed by atoms with Crippen LogP contribution in [0.4, 0.5) is 0 Å². The van der Waals surface area contributed by atoms with Crippen molar-refractivity contribution < 1.29 is 14.2 Å². The Hall–Kier alpha value is -1.06. The molecule has 0 spiro atoms. The van der Waals surface area contributed by atoms with Crippen molar-refractivity contribution in [2.75, 3.05) is 26.4 Å². The Kier molecular flexibility index (Phi) is 4.36. The Bertz CT molecular complexity index is 379. The van der Waals surface area contributed by atoms with E-state index in [9.17, 15) is 0 Å².